The summed E-state index contributed by atoms with van der Waals surface area (Å²) in [6.45, 7) is 0.864. The minimum absolute atomic E-state index is 0.0488. The largest absolute Gasteiger partial charge is 0.573 e. The molecule has 0 bridgehead atoms. The van der Waals surface area contributed by atoms with Crippen molar-refractivity contribution in [3.63, 3.8) is 0 Å². The van der Waals surface area contributed by atoms with Gasteiger partial charge in [-0.1, -0.05) is 36.4 Å². The molecule has 2 N–H and O–H groups in total. The van der Waals surface area contributed by atoms with Crippen LogP contribution in [-0.4, -0.2) is 11.5 Å². The normalized spacial score (nSPS) is 11.5. The molecule has 0 unspecified atom stereocenters. The van der Waals surface area contributed by atoms with E-state index in [-0.39, 0.29) is 12.4 Å². The van der Waals surface area contributed by atoms with E-state index in [2.05, 4.69) is 10.1 Å². The summed E-state index contributed by atoms with van der Waals surface area (Å²) >= 11 is 0. The van der Waals surface area contributed by atoms with Crippen molar-refractivity contribution in [1.29, 1.82) is 0 Å². The first kappa shape index (κ1) is 16.3. The van der Waals surface area contributed by atoms with Gasteiger partial charge in [-0.05, 0) is 28.8 Å². The topological polar surface area (TPSA) is 41.5 Å². The first-order chi connectivity index (χ1) is 10.5. The SMILES string of the molecule is OCc1ccccc1CNCc1cccc(OC(F)(F)F)c1. The molecule has 2 rings (SSSR count). The van der Waals surface area contributed by atoms with Crippen LogP contribution in [0.2, 0.25) is 0 Å². The minimum atomic E-state index is -4.69. The summed E-state index contributed by atoms with van der Waals surface area (Å²) in [7, 11) is 0. The lowest BCUT2D eigenvalue weighted by Crippen LogP contribution is -2.18. The Morgan fingerprint density at radius 2 is 1.68 bits per heavy atom. The Bertz CT molecular complexity index is 614. The molecule has 2 aromatic rings. The third-order valence-electron chi connectivity index (χ3n) is 3.07. The van der Waals surface area contributed by atoms with E-state index < -0.39 is 6.36 Å². The van der Waals surface area contributed by atoms with Crippen molar-refractivity contribution in [2.24, 2.45) is 0 Å². The summed E-state index contributed by atoms with van der Waals surface area (Å²) in [5.74, 6) is -0.234. The Hall–Kier alpha value is -2.05. The summed E-state index contributed by atoms with van der Waals surface area (Å²) in [4.78, 5) is 0. The fraction of sp³-hybridized carbons (Fsp3) is 0.250. The molecule has 118 valence electrons. The van der Waals surface area contributed by atoms with Gasteiger partial charge in [-0.25, -0.2) is 0 Å². The molecule has 0 aromatic heterocycles. The van der Waals surface area contributed by atoms with Crippen molar-refractivity contribution >= 4 is 0 Å². The molecule has 0 atom stereocenters. The molecule has 6 heteroatoms. The van der Waals surface area contributed by atoms with E-state index in [0.29, 0.717) is 18.7 Å². The van der Waals surface area contributed by atoms with Gasteiger partial charge >= 0.3 is 6.36 Å². The maximum Gasteiger partial charge on any atom is 0.573 e. The van der Waals surface area contributed by atoms with Gasteiger partial charge in [0.25, 0.3) is 0 Å². The van der Waals surface area contributed by atoms with Crippen molar-refractivity contribution in [2.75, 3.05) is 0 Å². The molecule has 0 aliphatic rings. The molecule has 0 saturated heterocycles. The number of nitrogens with one attached hydrogen (secondary N) is 1. The van der Waals surface area contributed by atoms with Crippen molar-refractivity contribution in [1.82, 2.24) is 5.32 Å². The third-order valence-corrected chi connectivity index (χ3v) is 3.07. The lowest BCUT2D eigenvalue weighted by atomic mass is 10.1. The summed E-state index contributed by atoms with van der Waals surface area (Å²) in [6.07, 6.45) is -4.69. The summed E-state index contributed by atoms with van der Waals surface area (Å²) < 4.78 is 40.4. The molecule has 0 saturated carbocycles. The Morgan fingerprint density at radius 1 is 0.955 bits per heavy atom. The van der Waals surface area contributed by atoms with Crippen LogP contribution in [0.25, 0.3) is 0 Å². The van der Waals surface area contributed by atoms with E-state index in [0.717, 1.165) is 11.1 Å². The molecule has 0 aliphatic carbocycles. The lowest BCUT2D eigenvalue weighted by molar-refractivity contribution is -0.274. The number of hydrogen-bond donors (Lipinski definition) is 2. The van der Waals surface area contributed by atoms with E-state index in [1.165, 1.54) is 18.2 Å². The average Bonchev–Trinajstić information content (AvgIpc) is 2.46. The van der Waals surface area contributed by atoms with Crippen molar-refractivity contribution < 1.29 is 23.0 Å². The second-order valence-electron chi connectivity index (χ2n) is 4.73. The van der Waals surface area contributed by atoms with Crippen LogP contribution < -0.4 is 10.1 Å². The van der Waals surface area contributed by atoms with Crippen LogP contribution in [0.15, 0.2) is 48.5 Å². The molecule has 0 spiro atoms. The number of ether oxygens (including phenoxy) is 1. The number of halogens is 3. The van der Waals surface area contributed by atoms with E-state index in [4.69, 9.17) is 0 Å². The van der Waals surface area contributed by atoms with Crippen LogP contribution >= 0.6 is 0 Å². The van der Waals surface area contributed by atoms with Gasteiger partial charge in [-0.15, -0.1) is 13.2 Å². The Morgan fingerprint density at radius 3 is 2.36 bits per heavy atom. The number of hydrogen-bond acceptors (Lipinski definition) is 3. The molecule has 0 amide bonds. The maximum absolute atomic E-state index is 12.2. The fourth-order valence-corrected chi connectivity index (χ4v) is 2.08. The van der Waals surface area contributed by atoms with Crippen molar-refractivity contribution in [3.05, 3.63) is 65.2 Å². The summed E-state index contributed by atoms with van der Waals surface area (Å²) in [5, 5.41) is 12.4. The van der Waals surface area contributed by atoms with Crippen LogP contribution in [0, 0.1) is 0 Å². The Labute approximate surface area is 126 Å². The number of aliphatic hydroxyl groups excluding tert-OH is 1. The quantitative estimate of drug-likeness (QED) is 0.859. The van der Waals surface area contributed by atoms with Gasteiger partial charge in [0.05, 0.1) is 6.61 Å². The lowest BCUT2D eigenvalue weighted by Gasteiger charge is -2.11. The van der Waals surface area contributed by atoms with Crippen LogP contribution in [-0.2, 0) is 19.7 Å². The fourth-order valence-electron chi connectivity index (χ4n) is 2.08. The highest BCUT2D eigenvalue weighted by Crippen LogP contribution is 2.23. The zero-order valence-corrected chi connectivity index (χ0v) is 11.7. The van der Waals surface area contributed by atoms with Crippen LogP contribution in [0.4, 0.5) is 13.2 Å². The van der Waals surface area contributed by atoms with Crippen LogP contribution in [0.3, 0.4) is 0 Å². The molecule has 2 aromatic carbocycles. The third kappa shape index (κ3) is 5.05. The highest BCUT2D eigenvalue weighted by Gasteiger charge is 2.31. The molecule has 0 aliphatic heterocycles. The average molecular weight is 311 g/mol. The summed E-state index contributed by atoms with van der Waals surface area (Å²) in [6, 6.07) is 13.3. The smallest absolute Gasteiger partial charge is 0.406 e. The highest BCUT2D eigenvalue weighted by atomic mass is 19.4. The number of rotatable bonds is 6. The van der Waals surface area contributed by atoms with Gasteiger partial charge in [0.2, 0.25) is 0 Å². The van der Waals surface area contributed by atoms with Gasteiger partial charge in [-0.2, -0.15) is 0 Å². The Kier molecular flexibility index (Phi) is 5.41. The van der Waals surface area contributed by atoms with Crippen LogP contribution in [0.5, 0.6) is 5.75 Å². The zero-order valence-electron chi connectivity index (χ0n) is 11.7. The molecule has 3 nitrogen and oxygen atoms in total. The number of aliphatic hydroxyl groups is 1. The van der Waals surface area contributed by atoms with Gasteiger partial charge in [0, 0.05) is 13.1 Å². The number of alkyl halides is 3. The van der Waals surface area contributed by atoms with Crippen LogP contribution in [0.1, 0.15) is 16.7 Å². The molecule has 0 radical (unpaired) electrons. The van der Waals surface area contributed by atoms with Gasteiger partial charge in [0.1, 0.15) is 5.75 Å². The highest BCUT2D eigenvalue weighted by molar-refractivity contribution is 5.29. The standard InChI is InChI=1S/C16H16F3NO2/c17-16(18,19)22-15-7-3-4-12(8-15)9-20-10-13-5-1-2-6-14(13)11-21/h1-8,20-21H,9-11H2. The Balaban J connectivity index is 1.93. The number of benzene rings is 2. The zero-order chi connectivity index (χ0) is 16.0. The first-order valence-electron chi connectivity index (χ1n) is 6.71. The first-order valence-corrected chi connectivity index (χ1v) is 6.71. The minimum Gasteiger partial charge on any atom is -0.406 e. The monoisotopic (exact) mass is 311 g/mol. The molecule has 0 heterocycles. The van der Waals surface area contributed by atoms with E-state index in [9.17, 15) is 18.3 Å². The second-order valence-corrected chi connectivity index (χ2v) is 4.73. The van der Waals surface area contributed by atoms with Gasteiger partial charge in [0.15, 0.2) is 0 Å². The van der Waals surface area contributed by atoms with Gasteiger partial charge in [-0.3, -0.25) is 0 Å². The van der Waals surface area contributed by atoms with E-state index >= 15 is 0 Å². The molecular weight excluding hydrogens is 295 g/mol. The second kappa shape index (κ2) is 7.29. The predicted octanol–water partition coefficient (Wildman–Crippen LogP) is 3.37. The molecule has 0 fully saturated rings. The molecule has 22 heavy (non-hydrogen) atoms. The van der Waals surface area contributed by atoms with E-state index in [1.807, 2.05) is 24.3 Å². The summed E-state index contributed by atoms with van der Waals surface area (Å²) in [5.41, 5.74) is 2.46. The maximum atomic E-state index is 12.2. The predicted molar refractivity (Wildman–Crippen MR) is 76.0 cm³/mol. The van der Waals surface area contributed by atoms with Crippen molar-refractivity contribution in [2.45, 2.75) is 26.1 Å². The van der Waals surface area contributed by atoms with E-state index in [1.54, 1.807) is 6.07 Å². The molecular formula is C16H16F3NO2. The van der Waals surface area contributed by atoms with Crippen molar-refractivity contribution in [3.8, 4) is 5.75 Å². The van der Waals surface area contributed by atoms with Gasteiger partial charge < -0.3 is 15.2 Å².